The van der Waals surface area contributed by atoms with Crippen molar-refractivity contribution < 1.29 is 28.7 Å². The topological polar surface area (TPSA) is 139 Å². The zero-order chi connectivity index (χ0) is 30.2. The van der Waals surface area contributed by atoms with Crippen LogP contribution in [0.5, 0.6) is 0 Å². The number of hydrogen-bond donors (Lipinski definition) is 3. The molecule has 11 heteroatoms. The van der Waals surface area contributed by atoms with E-state index >= 15 is 0 Å². The molecule has 226 valence electrons. The number of benzene rings is 1. The van der Waals surface area contributed by atoms with Crippen LogP contribution in [-0.2, 0) is 28.7 Å². The van der Waals surface area contributed by atoms with Gasteiger partial charge in [0.2, 0.25) is 11.8 Å². The second kappa shape index (κ2) is 14.4. The van der Waals surface area contributed by atoms with Gasteiger partial charge in [0.05, 0.1) is 18.9 Å². The van der Waals surface area contributed by atoms with Crippen LogP contribution in [0, 0.1) is 5.92 Å². The van der Waals surface area contributed by atoms with E-state index in [-0.39, 0.29) is 30.8 Å². The van der Waals surface area contributed by atoms with Gasteiger partial charge in [-0.15, -0.1) is 0 Å². The number of ether oxygens (including phenoxy) is 2. The number of nitrogens with zero attached hydrogens (tertiary/aromatic N) is 2. The van der Waals surface area contributed by atoms with Crippen LogP contribution in [0.1, 0.15) is 70.7 Å². The Kier molecular flexibility index (Phi) is 10.6. The largest absolute Gasteiger partial charge is 0.457 e. The predicted octanol–water partition coefficient (Wildman–Crippen LogP) is 2.80. The third kappa shape index (κ3) is 8.13. The second-order valence-corrected chi connectivity index (χ2v) is 11.2. The van der Waals surface area contributed by atoms with Gasteiger partial charge in [0.15, 0.2) is 0 Å². The fraction of sp³-hybridized carbons (Fsp3) is 0.516. The molecule has 2 aliphatic rings. The Hall–Kier alpha value is -3.83. The van der Waals surface area contributed by atoms with Gasteiger partial charge in [-0.05, 0) is 68.2 Å². The van der Waals surface area contributed by atoms with Gasteiger partial charge in [-0.1, -0.05) is 32.1 Å². The van der Waals surface area contributed by atoms with Crippen LogP contribution in [0.4, 0.5) is 0 Å². The third-order valence-electron chi connectivity index (χ3n) is 7.45. The lowest BCUT2D eigenvalue weighted by Gasteiger charge is -2.35. The minimum Gasteiger partial charge on any atom is -0.457 e. The van der Waals surface area contributed by atoms with Crippen LogP contribution < -0.4 is 16.1 Å². The SMILES string of the molecule is CC(C)[C@@H]1NC(=O)CCOCC/C=C/c2cc3cc(ccc3cn2)[C@@H](C)OC(=O)[C@@H]2CCCN(N2)C(=O)[C@H](C)NC1=O. The highest BCUT2D eigenvalue weighted by Gasteiger charge is 2.33. The first-order valence-electron chi connectivity index (χ1n) is 14.6. The lowest BCUT2D eigenvalue weighted by atomic mass is 10.0. The Morgan fingerprint density at radius 2 is 1.83 bits per heavy atom. The van der Waals surface area contributed by atoms with Crippen LogP contribution in [-0.4, -0.2) is 71.6 Å². The first kappa shape index (κ1) is 31.1. The van der Waals surface area contributed by atoms with E-state index < -0.39 is 36.1 Å². The van der Waals surface area contributed by atoms with Crippen molar-refractivity contribution in [3.05, 3.63) is 47.8 Å². The molecule has 0 aliphatic carbocycles. The number of carbonyl (C=O) groups excluding carboxylic acids is 4. The fourth-order valence-corrected chi connectivity index (χ4v) is 4.96. The number of amides is 3. The molecule has 0 saturated carbocycles. The summed E-state index contributed by atoms with van der Waals surface area (Å²) in [7, 11) is 0. The molecule has 0 radical (unpaired) electrons. The molecule has 3 N–H and O–H groups in total. The van der Waals surface area contributed by atoms with E-state index in [2.05, 4.69) is 21.0 Å². The van der Waals surface area contributed by atoms with E-state index in [4.69, 9.17) is 9.47 Å². The maximum Gasteiger partial charge on any atom is 0.325 e. The van der Waals surface area contributed by atoms with Crippen molar-refractivity contribution in [1.82, 2.24) is 26.1 Å². The van der Waals surface area contributed by atoms with E-state index in [1.165, 1.54) is 5.01 Å². The molecule has 1 aromatic carbocycles. The first-order valence-corrected chi connectivity index (χ1v) is 14.6. The molecule has 3 heterocycles. The summed E-state index contributed by atoms with van der Waals surface area (Å²) in [6.45, 7) is 8.09. The maximum absolute atomic E-state index is 13.2. The average molecular weight is 580 g/mol. The molecule has 42 heavy (non-hydrogen) atoms. The van der Waals surface area contributed by atoms with Gasteiger partial charge >= 0.3 is 5.97 Å². The summed E-state index contributed by atoms with van der Waals surface area (Å²) < 4.78 is 11.4. The Morgan fingerprint density at radius 3 is 2.62 bits per heavy atom. The number of hydrogen-bond acceptors (Lipinski definition) is 8. The molecule has 1 aromatic heterocycles. The zero-order valence-electron chi connectivity index (χ0n) is 24.7. The van der Waals surface area contributed by atoms with Gasteiger partial charge in [-0.2, -0.15) is 0 Å². The number of esters is 1. The van der Waals surface area contributed by atoms with E-state index in [1.54, 1.807) is 13.1 Å². The number of cyclic esters (lactones) is 1. The molecule has 3 amide bonds. The molecule has 4 atom stereocenters. The summed E-state index contributed by atoms with van der Waals surface area (Å²) in [5.41, 5.74) is 4.62. The summed E-state index contributed by atoms with van der Waals surface area (Å²) in [5.74, 6) is -1.80. The monoisotopic (exact) mass is 579 g/mol. The molecular formula is C31H41N5O6. The second-order valence-electron chi connectivity index (χ2n) is 11.2. The Balaban J connectivity index is 1.53. The van der Waals surface area contributed by atoms with Gasteiger partial charge in [0.1, 0.15) is 24.2 Å². The first-order chi connectivity index (χ1) is 20.1. The molecule has 11 nitrogen and oxygen atoms in total. The predicted molar refractivity (Wildman–Crippen MR) is 158 cm³/mol. The molecule has 4 rings (SSSR count). The summed E-state index contributed by atoms with van der Waals surface area (Å²) in [6.07, 6.45) is 7.04. The van der Waals surface area contributed by atoms with Crippen molar-refractivity contribution in [3.8, 4) is 0 Å². The van der Waals surface area contributed by atoms with Gasteiger partial charge in [-0.3, -0.25) is 29.2 Å². The lowest BCUT2D eigenvalue weighted by molar-refractivity contribution is -0.157. The number of fused-ring (bicyclic) bond motifs is 4. The Bertz CT molecular complexity index is 1330. The van der Waals surface area contributed by atoms with E-state index in [0.29, 0.717) is 32.4 Å². The van der Waals surface area contributed by atoms with Gasteiger partial charge in [0.25, 0.3) is 5.91 Å². The van der Waals surface area contributed by atoms with Crippen LogP contribution in [0.25, 0.3) is 16.8 Å². The van der Waals surface area contributed by atoms with Crippen molar-refractivity contribution in [3.63, 3.8) is 0 Å². The Morgan fingerprint density at radius 1 is 1.02 bits per heavy atom. The summed E-state index contributed by atoms with van der Waals surface area (Å²) in [5, 5.41) is 8.79. The van der Waals surface area contributed by atoms with Gasteiger partial charge in [0, 0.05) is 24.5 Å². The van der Waals surface area contributed by atoms with Gasteiger partial charge < -0.3 is 20.1 Å². The number of pyridine rings is 1. The van der Waals surface area contributed by atoms with Crippen molar-refractivity contribution >= 4 is 40.5 Å². The van der Waals surface area contributed by atoms with E-state index in [0.717, 1.165) is 22.0 Å². The summed E-state index contributed by atoms with van der Waals surface area (Å²) >= 11 is 0. The molecule has 2 aliphatic heterocycles. The smallest absolute Gasteiger partial charge is 0.325 e. The van der Waals surface area contributed by atoms with E-state index in [1.807, 2.05) is 57.2 Å². The van der Waals surface area contributed by atoms with Gasteiger partial charge in [-0.25, -0.2) is 5.43 Å². The van der Waals surface area contributed by atoms with Crippen LogP contribution in [0.3, 0.4) is 0 Å². The fourth-order valence-electron chi connectivity index (χ4n) is 4.96. The zero-order valence-corrected chi connectivity index (χ0v) is 24.7. The van der Waals surface area contributed by atoms with Crippen molar-refractivity contribution in [2.45, 2.75) is 77.6 Å². The molecule has 0 spiro atoms. The molecule has 0 unspecified atom stereocenters. The molecule has 1 saturated heterocycles. The van der Waals surface area contributed by atoms with Crippen LogP contribution in [0.15, 0.2) is 36.5 Å². The average Bonchev–Trinajstić information content (AvgIpc) is 2.97. The highest BCUT2D eigenvalue weighted by Crippen LogP contribution is 2.24. The van der Waals surface area contributed by atoms with Crippen molar-refractivity contribution in [2.24, 2.45) is 5.92 Å². The Labute approximate surface area is 246 Å². The van der Waals surface area contributed by atoms with E-state index in [9.17, 15) is 19.2 Å². The quantitative estimate of drug-likeness (QED) is 0.439. The minimum absolute atomic E-state index is 0.108. The van der Waals surface area contributed by atoms with Crippen LogP contribution in [0.2, 0.25) is 0 Å². The number of carbonyl (C=O) groups is 4. The lowest BCUT2D eigenvalue weighted by Crippen LogP contribution is -2.61. The molecule has 5 bridgehead atoms. The number of hydrazine groups is 1. The number of aromatic nitrogens is 1. The normalized spacial score (nSPS) is 26.4. The van der Waals surface area contributed by atoms with Crippen molar-refractivity contribution in [2.75, 3.05) is 19.8 Å². The number of rotatable bonds is 1. The summed E-state index contributed by atoms with van der Waals surface area (Å²) in [6, 6.07) is 5.44. The number of nitrogens with one attached hydrogen (secondary N) is 3. The summed E-state index contributed by atoms with van der Waals surface area (Å²) in [4.78, 5) is 56.4. The standard InChI is InChI=1S/C31H41N5O6/c1-19(2)28-29(38)33-20(3)30(39)36-13-7-9-26(35-36)31(40)42-21(4)22-10-11-23-18-32-25(17-24(23)16-22)8-5-6-14-41-15-12-27(37)34-28/h5,8,10-11,16-21,26,28,35H,6-7,9,12-15H2,1-4H3,(H,33,38)(H,34,37)/b8-5+/t20-,21+,26-,28-/m0/s1. The highest BCUT2D eigenvalue weighted by molar-refractivity contribution is 5.92. The van der Waals surface area contributed by atoms with Crippen molar-refractivity contribution in [1.29, 1.82) is 0 Å². The molecular weight excluding hydrogens is 538 g/mol. The highest BCUT2D eigenvalue weighted by atomic mass is 16.5. The third-order valence-corrected chi connectivity index (χ3v) is 7.45. The maximum atomic E-state index is 13.2. The molecule has 1 fully saturated rings. The van der Waals surface area contributed by atoms with Crippen LogP contribution >= 0.6 is 0 Å². The minimum atomic E-state index is -0.875. The molecule has 2 aromatic rings.